The van der Waals surface area contributed by atoms with Gasteiger partial charge in [0, 0.05) is 18.0 Å². The third kappa shape index (κ3) is 3.34. The average Bonchev–Trinajstić information content (AvgIpc) is 2.84. The number of aryl methyl sites for hydroxylation is 1. The second-order valence-electron chi connectivity index (χ2n) is 4.56. The average molecular weight is 261 g/mol. The number of thiophene rings is 1. The van der Waals surface area contributed by atoms with E-state index in [0.717, 1.165) is 17.7 Å². The molecule has 0 saturated heterocycles. The van der Waals surface area contributed by atoms with Gasteiger partial charge in [-0.25, -0.2) is 0 Å². The molecule has 18 heavy (non-hydrogen) atoms. The summed E-state index contributed by atoms with van der Waals surface area (Å²) in [7, 11) is 0. The second kappa shape index (κ2) is 6.03. The molecule has 0 unspecified atom stereocenters. The largest absolute Gasteiger partial charge is 0.493 e. The summed E-state index contributed by atoms with van der Waals surface area (Å²) >= 11 is 1.72. The Hall–Kier alpha value is -1.32. The molecule has 0 saturated carbocycles. The predicted octanol–water partition coefficient (Wildman–Crippen LogP) is 3.70. The molecule has 0 radical (unpaired) electrons. The maximum atomic E-state index is 5.97. The molecule has 1 atom stereocenters. The van der Waals surface area contributed by atoms with Gasteiger partial charge in [-0.2, -0.15) is 11.3 Å². The van der Waals surface area contributed by atoms with Crippen LogP contribution in [0.4, 0.5) is 0 Å². The Bertz CT molecular complexity index is 491. The summed E-state index contributed by atoms with van der Waals surface area (Å²) < 4.78 is 5.85. The fourth-order valence-electron chi connectivity index (χ4n) is 1.87. The quantitative estimate of drug-likeness (QED) is 0.890. The van der Waals surface area contributed by atoms with Crippen LogP contribution in [-0.2, 0) is 6.42 Å². The van der Waals surface area contributed by atoms with Crippen LogP contribution in [0.15, 0.2) is 35.0 Å². The minimum absolute atomic E-state index is 0.000970. The van der Waals surface area contributed by atoms with Gasteiger partial charge in [-0.3, -0.25) is 0 Å². The lowest BCUT2D eigenvalue weighted by Crippen LogP contribution is -2.09. The molecule has 2 N–H and O–H groups in total. The molecular formula is C15H19NOS. The van der Waals surface area contributed by atoms with E-state index in [1.54, 1.807) is 11.3 Å². The molecule has 0 aliphatic carbocycles. The zero-order valence-corrected chi connectivity index (χ0v) is 11.7. The van der Waals surface area contributed by atoms with Gasteiger partial charge in [0.1, 0.15) is 5.75 Å². The first-order valence-corrected chi connectivity index (χ1v) is 7.11. The fraction of sp³-hybridized carbons (Fsp3) is 0.333. The summed E-state index contributed by atoms with van der Waals surface area (Å²) in [5, 5.41) is 4.25. The zero-order valence-electron chi connectivity index (χ0n) is 10.8. The van der Waals surface area contributed by atoms with Crippen LogP contribution >= 0.6 is 11.3 Å². The molecule has 2 nitrogen and oxygen atoms in total. The van der Waals surface area contributed by atoms with Gasteiger partial charge in [0.05, 0.1) is 6.61 Å². The van der Waals surface area contributed by atoms with E-state index in [-0.39, 0.29) is 6.04 Å². The van der Waals surface area contributed by atoms with E-state index in [2.05, 4.69) is 35.9 Å². The Balaban J connectivity index is 2.00. The molecule has 0 amide bonds. The number of hydrogen-bond acceptors (Lipinski definition) is 3. The molecule has 96 valence electrons. The zero-order chi connectivity index (χ0) is 13.0. The van der Waals surface area contributed by atoms with Gasteiger partial charge in [-0.05, 0) is 42.3 Å². The molecule has 0 bridgehead atoms. The molecule has 1 aromatic carbocycles. The van der Waals surface area contributed by atoms with Crippen LogP contribution in [0.1, 0.15) is 29.7 Å². The Morgan fingerprint density at radius 2 is 2.17 bits per heavy atom. The van der Waals surface area contributed by atoms with Gasteiger partial charge in [-0.15, -0.1) is 0 Å². The summed E-state index contributed by atoms with van der Waals surface area (Å²) in [6, 6.07) is 8.31. The number of benzene rings is 1. The van der Waals surface area contributed by atoms with E-state index >= 15 is 0 Å². The second-order valence-corrected chi connectivity index (χ2v) is 5.34. The van der Waals surface area contributed by atoms with Crippen LogP contribution in [0.2, 0.25) is 0 Å². The molecule has 2 rings (SSSR count). The fourth-order valence-corrected chi connectivity index (χ4v) is 2.57. The van der Waals surface area contributed by atoms with Gasteiger partial charge < -0.3 is 10.5 Å². The molecule has 0 spiro atoms. The van der Waals surface area contributed by atoms with Crippen LogP contribution in [-0.4, -0.2) is 6.61 Å². The van der Waals surface area contributed by atoms with Crippen molar-refractivity contribution in [1.82, 2.24) is 0 Å². The molecule has 3 heteroatoms. The van der Waals surface area contributed by atoms with Crippen molar-refractivity contribution in [3.63, 3.8) is 0 Å². The van der Waals surface area contributed by atoms with Crippen molar-refractivity contribution in [2.75, 3.05) is 6.61 Å². The third-order valence-corrected chi connectivity index (χ3v) is 3.62. The first-order valence-electron chi connectivity index (χ1n) is 6.17. The first-order chi connectivity index (χ1) is 8.66. The molecule has 1 aromatic heterocycles. The van der Waals surface area contributed by atoms with E-state index in [1.807, 2.05) is 13.0 Å². The van der Waals surface area contributed by atoms with Crippen molar-refractivity contribution in [1.29, 1.82) is 0 Å². The topological polar surface area (TPSA) is 35.2 Å². The molecule has 0 aliphatic heterocycles. The van der Waals surface area contributed by atoms with Gasteiger partial charge in [0.15, 0.2) is 0 Å². The van der Waals surface area contributed by atoms with Crippen molar-refractivity contribution in [2.24, 2.45) is 5.73 Å². The van der Waals surface area contributed by atoms with Gasteiger partial charge in [0.2, 0.25) is 0 Å². The molecule has 2 aromatic rings. The lowest BCUT2D eigenvalue weighted by atomic mass is 10.1. The normalized spacial score (nSPS) is 12.4. The summed E-state index contributed by atoms with van der Waals surface area (Å²) in [5.74, 6) is 0.908. The molecular weight excluding hydrogens is 242 g/mol. The Morgan fingerprint density at radius 1 is 1.33 bits per heavy atom. The highest BCUT2D eigenvalue weighted by Gasteiger charge is 2.08. The number of ether oxygens (including phenoxy) is 1. The number of hydrogen-bond donors (Lipinski definition) is 1. The summed E-state index contributed by atoms with van der Waals surface area (Å²) in [5.41, 5.74) is 9.60. The minimum atomic E-state index is 0.000970. The van der Waals surface area contributed by atoms with Crippen LogP contribution in [0, 0.1) is 6.92 Å². The Labute approximate surface area is 112 Å². The maximum absolute atomic E-state index is 5.97. The SMILES string of the molecule is Cc1ccc(OCCc2ccsc2)c([C@H](C)N)c1. The van der Waals surface area contributed by atoms with E-state index in [9.17, 15) is 0 Å². The van der Waals surface area contributed by atoms with Crippen molar-refractivity contribution >= 4 is 11.3 Å². The highest BCUT2D eigenvalue weighted by atomic mass is 32.1. The highest BCUT2D eigenvalue weighted by Crippen LogP contribution is 2.25. The summed E-state index contributed by atoms with van der Waals surface area (Å²) in [6.07, 6.45) is 0.940. The first kappa shape index (κ1) is 13.1. The monoisotopic (exact) mass is 261 g/mol. The van der Waals surface area contributed by atoms with E-state index < -0.39 is 0 Å². The van der Waals surface area contributed by atoms with E-state index in [4.69, 9.17) is 10.5 Å². The van der Waals surface area contributed by atoms with Crippen LogP contribution in [0.3, 0.4) is 0 Å². The van der Waals surface area contributed by atoms with Crippen molar-refractivity contribution in [3.05, 3.63) is 51.7 Å². The standard InChI is InChI=1S/C15H19NOS/c1-11-3-4-15(14(9-11)12(2)16)17-7-5-13-6-8-18-10-13/h3-4,6,8-10,12H,5,7,16H2,1-2H3/t12-/m0/s1. The van der Waals surface area contributed by atoms with Crippen LogP contribution in [0.5, 0.6) is 5.75 Å². The molecule has 1 heterocycles. The van der Waals surface area contributed by atoms with Crippen LogP contribution < -0.4 is 10.5 Å². The number of rotatable bonds is 5. The van der Waals surface area contributed by atoms with Crippen molar-refractivity contribution in [3.8, 4) is 5.75 Å². The van der Waals surface area contributed by atoms with E-state index in [0.29, 0.717) is 6.61 Å². The van der Waals surface area contributed by atoms with Gasteiger partial charge in [0.25, 0.3) is 0 Å². The Kier molecular flexibility index (Phi) is 4.39. The van der Waals surface area contributed by atoms with Gasteiger partial charge >= 0.3 is 0 Å². The number of nitrogens with two attached hydrogens (primary N) is 1. The van der Waals surface area contributed by atoms with E-state index in [1.165, 1.54) is 11.1 Å². The van der Waals surface area contributed by atoms with Crippen molar-refractivity contribution in [2.45, 2.75) is 26.3 Å². The lowest BCUT2D eigenvalue weighted by Gasteiger charge is -2.14. The summed E-state index contributed by atoms with van der Waals surface area (Å²) in [6.45, 7) is 4.75. The van der Waals surface area contributed by atoms with Crippen molar-refractivity contribution < 1.29 is 4.74 Å². The van der Waals surface area contributed by atoms with Gasteiger partial charge in [-0.1, -0.05) is 17.7 Å². The molecule has 0 aliphatic rings. The third-order valence-electron chi connectivity index (χ3n) is 2.88. The minimum Gasteiger partial charge on any atom is -0.493 e. The lowest BCUT2D eigenvalue weighted by molar-refractivity contribution is 0.317. The van der Waals surface area contributed by atoms with Crippen LogP contribution in [0.25, 0.3) is 0 Å². The highest BCUT2D eigenvalue weighted by molar-refractivity contribution is 7.07. The summed E-state index contributed by atoms with van der Waals surface area (Å²) in [4.78, 5) is 0. The maximum Gasteiger partial charge on any atom is 0.124 e. The smallest absolute Gasteiger partial charge is 0.124 e. The predicted molar refractivity (Wildman–Crippen MR) is 77.3 cm³/mol. The molecule has 0 fully saturated rings. The Morgan fingerprint density at radius 3 is 2.83 bits per heavy atom.